The molecule has 4 N–H and O–H groups in total. The summed E-state index contributed by atoms with van der Waals surface area (Å²) < 4.78 is 5.29. The largest absolute Gasteiger partial charge is 0.480 e. The Balaban J connectivity index is 1.36. The fraction of sp³-hybridized carbons (Fsp3) is 0.136. The SMILES string of the molecule is O=C(NCc1cc(-c2ccccc2)on1)NC(Cc1c[nH]c2ccccc12)C(=O)O. The van der Waals surface area contributed by atoms with Gasteiger partial charge in [-0.15, -0.1) is 0 Å². The minimum absolute atomic E-state index is 0.113. The molecule has 2 aromatic heterocycles. The highest BCUT2D eigenvalue weighted by Gasteiger charge is 2.22. The summed E-state index contributed by atoms with van der Waals surface area (Å²) in [5.74, 6) is -0.515. The van der Waals surface area contributed by atoms with Crippen LogP contribution in [0.2, 0.25) is 0 Å². The number of rotatable bonds is 7. The lowest BCUT2D eigenvalue weighted by molar-refractivity contribution is -0.139. The van der Waals surface area contributed by atoms with Gasteiger partial charge in [-0.1, -0.05) is 53.7 Å². The van der Waals surface area contributed by atoms with Crippen LogP contribution in [0.15, 0.2) is 71.4 Å². The van der Waals surface area contributed by atoms with Gasteiger partial charge in [-0.2, -0.15) is 0 Å². The van der Waals surface area contributed by atoms with E-state index in [9.17, 15) is 14.7 Å². The Morgan fingerprint density at radius 3 is 2.67 bits per heavy atom. The summed E-state index contributed by atoms with van der Waals surface area (Å²) >= 11 is 0. The van der Waals surface area contributed by atoms with E-state index in [1.807, 2.05) is 54.6 Å². The van der Waals surface area contributed by atoms with E-state index in [-0.39, 0.29) is 13.0 Å². The highest BCUT2D eigenvalue weighted by molar-refractivity contribution is 5.86. The molecule has 2 heterocycles. The molecule has 2 aromatic carbocycles. The van der Waals surface area contributed by atoms with Gasteiger partial charge in [-0.25, -0.2) is 9.59 Å². The van der Waals surface area contributed by atoms with Crippen LogP contribution in [0.1, 0.15) is 11.3 Å². The van der Waals surface area contributed by atoms with E-state index in [1.54, 1.807) is 12.3 Å². The number of aromatic amines is 1. The van der Waals surface area contributed by atoms with Crippen molar-refractivity contribution in [3.05, 3.63) is 78.1 Å². The van der Waals surface area contributed by atoms with Crippen molar-refractivity contribution in [2.24, 2.45) is 0 Å². The molecular weight excluding hydrogens is 384 g/mol. The number of aliphatic carboxylic acids is 1. The van der Waals surface area contributed by atoms with Crippen LogP contribution in [0, 0.1) is 0 Å². The Labute approximate surface area is 171 Å². The predicted octanol–water partition coefficient (Wildman–Crippen LogP) is 3.32. The number of amides is 2. The van der Waals surface area contributed by atoms with E-state index in [0.29, 0.717) is 11.5 Å². The molecule has 2 amide bonds. The first-order valence-electron chi connectivity index (χ1n) is 9.43. The minimum Gasteiger partial charge on any atom is -0.480 e. The first-order chi connectivity index (χ1) is 14.6. The molecular formula is C22H20N4O4. The molecule has 0 radical (unpaired) electrons. The number of aromatic nitrogens is 2. The van der Waals surface area contributed by atoms with Gasteiger partial charge >= 0.3 is 12.0 Å². The number of carbonyl (C=O) groups excluding carboxylic acids is 1. The quantitative estimate of drug-likeness (QED) is 0.377. The second kappa shape index (κ2) is 8.52. The first-order valence-corrected chi connectivity index (χ1v) is 9.43. The molecule has 0 aliphatic rings. The summed E-state index contributed by atoms with van der Waals surface area (Å²) in [6.45, 7) is 0.113. The standard InChI is InChI=1S/C22H20N4O4/c27-21(28)19(10-15-12-23-18-9-5-4-8-17(15)18)25-22(29)24-13-16-11-20(30-26-16)14-6-2-1-3-7-14/h1-9,11-12,19,23H,10,13H2,(H,27,28)(H2,24,25,29). The van der Waals surface area contributed by atoms with Crippen LogP contribution in [-0.2, 0) is 17.8 Å². The Bertz CT molecular complexity index is 1170. The van der Waals surface area contributed by atoms with Crippen LogP contribution >= 0.6 is 0 Å². The fourth-order valence-corrected chi connectivity index (χ4v) is 3.23. The van der Waals surface area contributed by atoms with Gasteiger partial charge < -0.3 is 25.2 Å². The van der Waals surface area contributed by atoms with E-state index < -0.39 is 18.0 Å². The van der Waals surface area contributed by atoms with Gasteiger partial charge in [0.15, 0.2) is 5.76 Å². The molecule has 4 rings (SSSR count). The summed E-state index contributed by atoms with van der Waals surface area (Å²) in [7, 11) is 0. The van der Waals surface area contributed by atoms with Gasteiger partial charge in [-0.05, 0) is 11.6 Å². The molecule has 30 heavy (non-hydrogen) atoms. The molecule has 8 heteroatoms. The van der Waals surface area contributed by atoms with Crippen molar-refractivity contribution in [2.45, 2.75) is 19.0 Å². The average Bonchev–Trinajstić information content (AvgIpc) is 3.40. The zero-order chi connectivity index (χ0) is 20.9. The zero-order valence-corrected chi connectivity index (χ0v) is 16.0. The summed E-state index contributed by atoms with van der Waals surface area (Å²) in [5, 5.41) is 19.5. The van der Waals surface area contributed by atoms with E-state index in [0.717, 1.165) is 22.0 Å². The third-order valence-corrected chi connectivity index (χ3v) is 4.75. The molecule has 1 atom stereocenters. The van der Waals surface area contributed by atoms with E-state index in [2.05, 4.69) is 20.8 Å². The van der Waals surface area contributed by atoms with Gasteiger partial charge in [0, 0.05) is 35.2 Å². The molecule has 8 nitrogen and oxygen atoms in total. The molecule has 1 unspecified atom stereocenters. The van der Waals surface area contributed by atoms with Gasteiger partial charge in [-0.3, -0.25) is 0 Å². The molecule has 0 aliphatic carbocycles. The first kappa shape index (κ1) is 19.3. The lowest BCUT2D eigenvalue weighted by atomic mass is 10.1. The van der Waals surface area contributed by atoms with Crippen LogP contribution in [0.4, 0.5) is 4.79 Å². The van der Waals surface area contributed by atoms with Crippen molar-refractivity contribution in [3.63, 3.8) is 0 Å². The number of carboxylic acids is 1. The van der Waals surface area contributed by atoms with Crippen LogP contribution in [-0.4, -0.2) is 33.3 Å². The Kier molecular flexibility index (Phi) is 5.47. The van der Waals surface area contributed by atoms with Gasteiger partial charge in [0.05, 0.1) is 6.54 Å². The third-order valence-electron chi connectivity index (χ3n) is 4.75. The Morgan fingerprint density at radius 1 is 1.10 bits per heavy atom. The number of hydrogen-bond donors (Lipinski definition) is 4. The topological polar surface area (TPSA) is 120 Å². The second-order valence-electron chi connectivity index (χ2n) is 6.83. The highest BCUT2D eigenvalue weighted by Crippen LogP contribution is 2.20. The van der Waals surface area contributed by atoms with Crippen molar-refractivity contribution in [1.82, 2.24) is 20.8 Å². The summed E-state index contributed by atoms with van der Waals surface area (Å²) in [6.07, 6.45) is 1.93. The maximum atomic E-state index is 12.2. The van der Waals surface area contributed by atoms with Crippen LogP contribution in [0.3, 0.4) is 0 Å². The monoisotopic (exact) mass is 404 g/mol. The van der Waals surface area contributed by atoms with E-state index >= 15 is 0 Å². The fourth-order valence-electron chi connectivity index (χ4n) is 3.23. The van der Waals surface area contributed by atoms with Crippen molar-refractivity contribution < 1.29 is 19.2 Å². The minimum atomic E-state index is -1.11. The van der Waals surface area contributed by atoms with E-state index in [4.69, 9.17) is 4.52 Å². The number of H-pyrrole nitrogens is 1. The number of carbonyl (C=O) groups is 2. The summed E-state index contributed by atoms with van der Waals surface area (Å²) in [5.41, 5.74) is 3.15. The van der Waals surface area contributed by atoms with Crippen LogP contribution in [0.25, 0.3) is 22.2 Å². The highest BCUT2D eigenvalue weighted by atomic mass is 16.5. The maximum Gasteiger partial charge on any atom is 0.326 e. The lowest BCUT2D eigenvalue weighted by Crippen LogP contribution is -2.46. The normalized spacial score (nSPS) is 11.9. The molecule has 0 aliphatic heterocycles. The summed E-state index contributed by atoms with van der Waals surface area (Å²) in [6, 6.07) is 17.2. The number of urea groups is 1. The van der Waals surface area contributed by atoms with Gasteiger partial charge in [0.1, 0.15) is 11.7 Å². The zero-order valence-electron chi connectivity index (χ0n) is 16.0. The molecule has 0 spiro atoms. The number of carboxylic acid groups (broad SMARTS) is 1. The van der Waals surface area contributed by atoms with Crippen molar-refractivity contribution in [3.8, 4) is 11.3 Å². The van der Waals surface area contributed by atoms with Gasteiger partial charge in [0.25, 0.3) is 0 Å². The molecule has 152 valence electrons. The number of nitrogens with zero attached hydrogens (tertiary/aromatic N) is 1. The smallest absolute Gasteiger partial charge is 0.326 e. The third kappa shape index (κ3) is 4.33. The molecule has 4 aromatic rings. The molecule has 0 bridgehead atoms. The average molecular weight is 404 g/mol. The molecule has 0 saturated carbocycles. The number of para-hydroxylation sites is 1. The molecule has 0 fully saturated rings. The van der Waals surface area contributed by atoms with Crippen molar-refractivity contribution >= 4 is 22.9 Å². The number of benzene rings is 2. The van der Waals surface area contributed by atoms with Gasteiger partial charge in [0.2, 0.25) is 0 Å². The number of fused-ring (bicyclic) bond motifs is 1. The Morgan fingerprint density at radius 2 is 1.87 bits per heavy atom. The maximum absolute atomic E-state index is 12.2. The molecule has 0 saturated heterocycles. The lowest BCUT2D eigenvalue weighted by Gasteiger charge is -2.14. The predicted molar refractivity (Wildman–Crippen MR) is 111 cm³/mol. The number of nitrogens with one attached hydrogen (secondary N) is 3. The van der Waals surface area contributed by atoms with Crippen LogP contribution in [0.5, 0.6) is 0 Å². The van der Waals surface area contributed by atoms with E-state index in [1.165, 1.54) is 0 Å². The van der Waals surface area contributed by atoms with Crippen molar-refractivity contribution in [2.75, 3.05) is 0 Å². The number of hydrogen-bond acceptors (Lipinski definition) is 4. The second-order valence-corrected chi connectivity index (χ2v) is 6.83. The Hall–Kier alpha value is -4.07. The van der Waals surface area contributed by atoms with Crippen LogP contribution < -0.4 is 10.6 Å². The summed E-state index contributed by atoms with van der Waals surface area (Å²) in [4.78, 5) is 27.0. The van der Waals surface area contributed by atoms with Crippen molar-refractivity contribution in [1.29, 1.82) is 0 Å².